The lowest BCUT2D eigenvalue weighted by atomic mass is 10.0. The van der Waals surface area contributed by atoms with Crippen LogP contribution in [0.4, 0.5) is 0 Å². The van der Waals surface area contributed by atoms with Gasteiger partial charge in [0.05, 0.1) is 25.3 Å². The molecule has 0 saturated carbocycles. The standard InChI is InChI=1S/C14H12O4/c1-17-13(15)10-7-6-9-4-3-5-11(12(9)8-10)14(16)18-2/h3-8H,1-2H3. The van der Waals surface area contributed by atoms with Gasteiger partial charge in [0.1, 0.15) is 0 Å². The molecule has 2 rings (SSSR count). The molecule has 0 atom stereocenters. The number of fused-ring (bicyclic) bond motifs is 1. The number of rotatable bonds is 2. The summed E-state index contributed by atoms with van der Waals surface area (Å²) in [5.74, 6) is -0.862. The molecular formula is C14H12O4. The van der Waals surface area contributed by atoms with Crippen molar-refractivity contribution in [1.29, 1.82) is 0 Å². The molecular weight excluding hydrogens is 232 g/mol. The summed E-state index contributed by atoms with van der Waals surface area (Å²) in [5, 5.41) is 1.54. The van der Waals surface area contributed by atoms with Gasteiger partial charge in [0.15, 0.2) is 0 Å². The Morgan fingerprint density at radius 1 is 0.944 bits per heavy atom. The van der Waals surface area contributed by atoms with Gasteiger partial charge in [-0.25, -0.2) is 9.59 Å². The van der Waals surface area contributed by atoms with Crippen LogP contribution in [0.2, 0.25) is 0 Å². The van der Waals surface area contributed by atoms with E-state index in [1.807, 2.05) is 6.07 Å². The predicted octanol–water partition coefficient (Wildman–Crippen LogP) is 2.41. The number of benzene rings is 2. The molecule has 0 fully saturated rings. The van der Waals surface area contributed by atoms with Crippen molar-refractivity contribution in [2.75, 3.05) is 14.2 Å². The second-order valence-corrected chi connectivity index (χ2v) is 3.72. The molecule has 0 N–H and O–H groups in total. The van der Waals surface area contributed by atoms with E-state index in [1.165, 1.54) is 14.2 Å². The average molecular weight is 244 g/mol. The summed E-state index contributed by atoms with van der Waals surface area (Å²) in [4.78, 5) is 23.1. The van der Waals surface area contributed by atoms with Gasteiger partial charge in [-0.05, 0) is 29.0 Å². The van der Waals surface area contributed by atoms with Crippen molar-refractivity contribution in [3.8, 4) is 0 Å². The maximum atomic E-state index is 11.6. The number of hydrogen-bond donors (Lipinski definition) is 0. The molecule has 0 unspecified atom stereocenters. The molecule has 4 heteroatoms. The first kappa shape index (κ1) is 12.1. The van der Waals surface area contributed by atoms with E-state index in [-0.39, 0.29) is 0 Å². The van der Waals surface area contributed by atoms with E-state index >= 15 is 0 Å². The Bertz CT molecular complexity index is 616. The maximum Gasteiger partial charge on any atom is 0.338 e. The number of ether oxygens (including phenoxy) is 2. The van der Waals surface area contributed by atoms with Crippen LogP contribution in [-0.2, 0) is 9.47 Å². The first-order valence-corrected chi connectivity index (χ1v) is 5.37. The molecule has 18 heavy (non-hydrogen) atoms. The van der Waals surface area contributed by atoms with Gasteiger partial charge in [0.2, 0.25) is 0 Å². The highest BCUT2D eigenvalue weighted by Crippen LogP contribution is 2.21. The molecule has 0 aliphatic carbocycles. The van der Waals surface area contributed by atoms with E-state index < -0.39 is 11.9 Å². The minimum absolute atomic E-state index is 0.404. The van der Waals surface area contributed by atoms with Crippen LogP contribution in [0.5, 0.6) is 0 Å². The van der Waals surface area contributed by atoms with Crippen LogP contribution in [0.25, 0.3) is 10.8 Å². The lowest BCUT2D eigenvalue weighted by Gasteiger charge is -2.06. The number of carbonyl (C=O) groups excluding carboxylic acids is 2. The molecule has 0 heterocycles. The van der Waals surface area contributed by atoms with Gasteiger partial charge >= 0.3 is 11.9 Å². The molecule has 0 radical (unpaired) electrons. The number of methoxy groups -OCH3 is 2. The Labute approximate surface area is 104 Å². The smallest absolute Gasteiger partial charge is 0.338 e. The zero-order valence-electron chi connectivity index (χ0n) is 10.1. The Hall–Kier alpha value is -2.36. The highest BCUT2D eigenvalue weighted by atomic mass is 16.5. The SMILES string of the molecule is COC(=O)c1ccc2cccc(C(=O)OC)c2c1. The zero-order chi connectivity index (χ0) is 13.1. The molecule has 92 valence electrons. The fourth-order valence-corrected chi connectivity index (χ4v) is 1.81. The predicted molar refractivity (Wildman–Crippen MR) is 66.6 cm³/mol. The van der Waals surface area contributed by atoms with Crippen LogP contribution in [0.15, 0.2) is 36.4 Å². The maximum absolute atomic E-state index is 11.6. The molecule has 4 nitrogen and oxygen atoms in total. The van der Waals surface area contributed by atoms with Crippen LogP contribution < -0.4 is 0 Å². The second kappa shape index (κ2) is 4.87. The lowest BCUT2D eigenvalue weighted by Crippen LogP contribution is -2.04. The Morgan fingerprint density at radius 2 is 1.67 bits per heavy atom. The van der Waals surface area contributed by atoms with Gasteiger partial charge < -0.3 is 9.47 Å². The topological polar surface area (TPSA) is 52.6 Å². The third-order valence-corrected chi connectivity index (χ3v) is 2.71. The van der Waals surface area contributed by atoms with Crippen LogP contribution in [0, 0.1) is 0 Å². The molecule has 2 aromatic rings. The first-order chi connectivity index (χ1) is 8.67. The summed E-state index contributed by atoms with van der Waals surface area (Å²) in [6.07, 6.45) is 0. The summed E-state index contributed by atoms with van der Waals surface area (Å²) in [7, 11) is 2.64. The van der Waals surface area contributed by atoms with Crippen molar-refractivity contribution in [3.05, 3.63) is 47.5 Å². The van der Waals surface area contributed by atoms with Gasteiger partial charge in [0.25, 0.3) is 0 Å². The van der Waals surface area contributed by atoms with Gasteiger partial charge in [-0.2, -0.15) is 0 Å². The van der Waals surface area contributed by atoms with E-state index in [4.69, 9.17) is 4.74 Å². The summed E-state index contributed by atoms with van der Waals surface area (Å²) in [5.41, 5.74) is 0.835. The van der Waals surface area contributed by atoms with E-state index in [0.29, 0.717) is 16.5 Å². The molecule has 0 aliphatic heterocycles. The molecule has 0 saturated heterocycles. The molecule has 0 amide bonds. The van der Waals surface area contributed by atoms with Crippen LogP contribution in [0.3, 0.4) is 0 Å². The number of hydrogen-bond acceptors (Lipinski definition) is 4. The Kier molecular flexibility index (Phi) is 3.28. The van der Waals surface area contributed by atoms with E-state index in [1.54, 1.807) is 30.3 Å². The molecule has 0 spiro atoms. The average Bonchev–Trinajstić information content (AvgIpc) is 2.44. The van der Waals surface area contributed by atoms with E-state index in [9.17, 15) is 9.59 Å². The van der Waals surface area contributed by atoms with Crippen molar-refractivity contribution in [3.63, 3.8) is 0 Å². The van der Waals surface area contributed by atoms with Gasteiger partial charge in [0, 0.05) is 0 Å². The lowest BCUT2D eigenvalue weighted by molar-refractivity contribution is 0.0591. The van der Waals surface area contributed by atoms with Gasteiger partial charge in [-0.3, -0.25) is 0 Å². The van der Waals surface area contributed by atoms with Crippen LogP contribution >= 0.6 is 0 Å². The number of carbonyl (C=O) groups is 2. The summed E-state index contributed by atoms with van der Waals surface area (Å²) in [6.45, 7) is 0. The largest absolute Gasteiger partial charge is 0.465 e. The number of esters is 2. The van der Waals surface area contributed by atoms with Crippen LogP contribution in [0.1, 0.15) is 20.7 Å². The molecule has 2 aromatic carbocycles. The minimum Gasteiger partial charge on any atom is -0.465 e. The third kappa shape index (κ3) is 2.05. The summed E-state index contributed by atoms with van der Waals surface area (Å²) in [6, 6.07) is 10.4. The van der Waals surface area contributed by atoms with Crippen molar-refractivity contribution in [1.82, 2.24) is 0 Å². The Morgan fingerprint density at radius 3 is 2.33 bits per heavy atom. The fraction of sp³-hybridized carbons (Fsp3) is 0.143. The molecule has 0 aromatic heterocycles. The van der Waals surface area contributed by atoms with Crippen molar-refractivity contribution in [2.45, 2.75) is 0 Å². The Balaban J connectivity index is 2.65. The van der Waals surface area contributed by atoms with Crippen LogP contribution in [-0.4, -0.2) is 26.2 Å². The van der Waals surface area contributed by atoms with E-state index in [2.05, 4.69) is 4.74 Å². The van der Waals surface area contributed by atoms with Crippen molar-refractivity contribution < 1.29 is 19.1 Å². The van der Waals surface area contributed by atoms with Gasteiger partial charge in [-0.15, -0.1) is 0 Å². The zero-order valence-corrected chi connectivity index (χ0v) is 10.1. The van der Waals surface area contributed by atoms with Crippen molar-refractivity contribution >= 4 is 22.7 Å². The van der Waals surface area contributed by atoms with Crippen molar-refractivity contribution in [2.24, 2.45) is 0 Å². The minimum atomic E-state index is -0.434. The van der Waals surface area contributed by atoms with E-state index in [0.717, 1.165) is 5.39 Å². The first-order valence-electron chi connectivity index (χ1n) is 5.37. The fourth-order valence-electron chi connectivity index (χ4n) is 1.81. The third-order valence-electron chi connectivity index (χ3n) is 2.71. The monoisotopic (exact) mass is 244 g/mol. The summed E-state index contributed by atoms with van der Waals surface area (Å²) < 4.78 is 9.37. The summed E-state index contributed by atoms with van der Waals surface area (Å²) >= 11 is 0. The second-order valence-electron chi connectivity index (χ2n) is 3.72. The quantitative estimate of drug-likeness (QED) is 0.761. The highest BCUT2D eigenvalue weighted by molar-refractivity contribution is 6.06. The normalized spacial score (nSPS) is 10.1. The molecule has 0 bridgehead atoms. The highest BCUT2D eigenvalue weighted by Gasteiger charge is 2.12. The molecule has 0 aliphatic rings. The van der Waals surface area contributed by atoms with Gasteiger partial charge in [-0.1, -0.05) is 18.2 Å².